The van der Waals surface area contributed by atoms with Gasteiger partial charge in [0.05, 0.1) is 5.92 Å². The minimum atomic E-state index is 0.154. The summed E-state index contributed by atoms with van der Waals surface area (Å²) in [6, 6.07) is 4.47. The van der Waals surface area contributed by atoms with Crippen LogP contribution in [0.1, 0.15) is 18.7 Å². The smallest absolute Gasteiger partial charge is 0.227 e. The first-order valence-electron chi connectivity index (χ1n) is 6.59. The largest absolute Gasteiger partial charge is 0.342 e. The molecule has 1 unspecified atom stereocenters. The molecule has 1 aliphatic heterocycles. The number of likely N-dealkylation sites (N-methyl/N-ethyl adjacent to an activating group) is 1. The predicted molar refractivity (Wildman–Crippen MR) is 75.8 cm³/mol. The molecule has 1 N–H and O–H groups in total. The van der Waals surface area contributed by atoms with Gasteiger partial charge >= 0.3 is 0 Å². The van der Waals surface area contributed by atoms with E-state index < -0.39 is 0 Å². The van der Waals surface area contributed by atoms with E-state index in [1.807, 2.05) is 11.9 Å². The summed E-state index contributed by atoms with van der Waals surface area (Å²) in [6.07, 6.45) is 0.953. The number of nitrogens with one attached hydrogen (secondary N) is 1. The highest BCUT2D eigenvalue weighted by molar-refractivity contribution is 7.09. The van der Waals surface area contributed by atoms with Gasteiger partial charge in [0.15, 0.2) is 0 Å². The van der Waals surface area contributed by atoms with Gasteiger partial charge in [0, 0.05) is 30.9 Å². The Labute approximate surface area is 113 Å². The van der Waals surface area contributed by atoms with E-state index >= 15 is 0 Å². The molecule has 1 amide bonds. The van der Waals surface area contributed by atoms with Crippen LogP contribution in [0.3, 0.4) is 0 Å². The summed E-state index contributed by atoms with van der Waals surface area (Å²) in [5.41, 5.74) is 0. The third-order valence-electron chi connectivity index (χ3n) is 3.92. The van der Waals surface area contributed by atoms with E-state index in [4.69, 9.17) is 0 Å². The molecule has 0 bridgehead atoms. The van der Waals surface area contributed by atoms with Gasteiger partial charge in [-0.05, 0) is 30.8 Å². The van der Waals surface area contributed by atoms with Gasteiger partial charge in [-0.1, -0.05) is 13.0 Å². The standard InChI is InChI=1S/C14H22N2OS/c1-10-8-15-9-13(10)14(17)16(3)11(2)7-12-5-4-6-18-12/h4-6,10-11,13,15H,7-9H2,1-3H3/t10-,11?,13-/m1/s1. The van der Waals surface area contributed by atoms with Crippen LogP contribution in [-0.4, -0.2) is 37.0 Å². The Hall–Kier alpha value is -0.870. The second kappa shape index (κ2) is 5.85. The van der Waals surface area contributed by atoms with E-state index in [1.54, 1.807) is 11.3 Å². The van der Waals surface area contributed by atoms with Crippen LogP contribution in [0.2, 0.25) is 0 Å². The van der Waals surface area contributed by atoms with Crippen molar-refractivity contribution in [2.45, 2.75) is 26.3 Å². The number of hydrogen-bond acceptors (Lipinski definition) is 3. The van der Waals surface area contributed by atoms with Crippen LogP contribution in [-0.2, 0) is 11.2 Å². The summed E-state index contributed by atoms with van der Waals surface area (Å²) in [4.78, 5) is 15.7. The van der Waals surface area contributed by atoms with Crippen LogP contribution in [0.15, 0.2) is 17.5 Å². The van der Waals surface area contributed by atoms with E-state index in [2.05, 4.69) is 36.7 Å². The Morgan fingerprint density at radius 2 is 2.39 bits per heavy atom. The summed E-state index contributed by atoms with van der Waals surface area (Å²) >= 11 is 1.76. The zero-order valence-corrected chi connectivity index (χ0v) is 12.2. The molecule has 0 spiro atoms. The maximum Gasteiger partial charge on any atom is 0.227 e. The van der Waals surface area contributed by atoms with Crippen molar-refractivity contribution in [3.8, 4) is 0 Å². The van der Waals surface area contributed by atoms with Gasteiger partial charge in [0.2, 0.25) is 5.91 Å². The van der Waals surface area contributed by atoms with Gasteiger partial charge in [0.25, 0.3) is 0 Å². The summed E-state index contributed by atoms with van der Waals surface area (Å²) in [5.74, 6) is 0.895. The van der Waals surface area contributed by atoms with Gasteiger partial charge in [-0.15, -0.1) is 11.3 Å². The molecule has 1 saturated heterocycles. The molecule has 2 rings (SSSR count). The van der Waals surface area contributed by atoms with Gasteiger partial charge in [-0.25, -0.2) is 0 Å². The molecule has 1 aliphatic rings. The van der Waals surface area contributed by atoms with Crippen molar-refractivity contribution in [2.24, 2.45) is 11.8 Å². The molecule has 3 nitrogen and oxygen atoms in total. The summed E-state index contributed by atoms with van der Waals surface area (Å²) in [7, 11) is 1.94. The minimum Gasteiger partial charge on any atom is -0.342 e. The van der Waals surface area contributed by atoms with Crippen molar-refractivity contribution in [3.05, 3.63) is 22.4 Å². The van der Waals surface area contributed by atoms with Crippen molar-refractivity contribution in [1.29, 1.82) is 0 Å². The number of hydrogen-bond donors (Lipinski definition) is 1. The van der Waals surface area contributed by atoms with Crippen LogP contribution < -0.4 is 5.32 Å². The van der Waals surface area contributed by atoms with Crippen molar-refractivity contribution < 1.29 is 4.79 Å². The Morgan fingerprint density at radius 1 is 1.61 bits per heavy atom. The molecule has 1 fully saturated rings. The van der Waals surface area contributed by atoms with E-state index in [0.717, 1.165) is 19.5 Å². The third-order valence-corrected chi connectivity index (χ3v) is 4.82. The fourth-order valence-corrected chi connectivity index (χ4v) is 3.30. The summed E-state index contributed by atoms with van der Waals surface area (Å²) in [6.45, 7) is 6.07. The number of carbonyl (C=O) groups excluding carboxylic acids is 1. The van der Waals surface area contributed by atoms with E-state index in [0.29, 0.717) is 5.92 Å². The van der Waals surface area contributed by atoms with E-state index in [1.165, 1.54) is 4.88 Å². The SMILES string of the molecule is CC(Cc1cccs1)N(C)C(=O)[C@@H]1CNC[C@H]1C. The number of rotatable bonds is 4. The van der Waals surface area contributed by atoms with Crippen molar-refractivity contribution in [3.63, 3.8) is 0 Å². The maximum absolute atomic E-state index is 12.4. The quantitative estimate of drug-likeness (QED) is 0.904. The molecule has 0 aromatic carbocycles. The highest BCUT2D eigenvalue weighted by atomic mass is 32.1. The Balaban J connectivity index is 1.93. The van der Waals surface area contributed by atoms with Gasteiger partial charge < -0.3 is 10.2 Å². The zero-order chi connectivity index (χ0) is 13.1. The molecule has 3 atom stereocenters. The number of carbonyl (C=O) groups is 1. The normalized spacial score (nSPS) is 25.1. The molecule has 2 heterocycles. The summed E-state index contributed by atoms with van der Waals surface area (Å²) in [5, 5.41) is 5.39. The van der Waals surface area contributed by atoms with Crippen molar-refractivity contribution in [1.82, 2.24) is 10.2 Å². The molecule has 4 heteroatoms. The molecular weight excluding hydrogens is 244 g/mol. The molecule has 0 saturated carbocycles. The predicted octanol–water partition coefficient (Wildman–Crippen LogP) is 1.99. The molecule has 1 aromatic rings. The maximum atomic E-state index is 12.4. The van der Waals surface area contributed by atoms with Gasteiger partial charge in [0.1, 0.15) is 0 Å². The fourth-order valence-electron chi connectivity index (χ4n) is 2.48. The first-order valence-corrected chi connectivity index (χ1v) is 7.47. The van der Waals surface area contributed by atoms with Gasteiger partial charge in [-0.2, -0.15) is 0 Å². The average Bonchev–Trinajstić information content (AvgIpc) is 2.98. The van der Waals surface area contributed by atoms with E-state index in [-0.39, 0.29) is 17.9 Å². The molecule has 18 heavy (non-hydrogen) atoms. The van der Waals surface area contributed by atoms with E-state index in [9.17, 15) is 4.79 Å². The number of nitrogens with zero attached hydrogens (tertiary/aromatic N) is 1. The second-order valence-corrected chi connectivity index (χ2v) is 6.36. The van der Waals surface area contributed by atoms with Crippen LogP contribution in [0.5, 0.6) is 0 Å². The van der Waals surface area contributed by atoms with Crippen molar-refractivity contribution in [2.75, 3.05) is 20.1 Å². The highest BCUT2D eigenvalue weighted by Gasteiger charge is 2.32. The Bertz CT molecular complexity index is 391. The minimum absolute atomic E-state index is 0.154. The van der Waals surface area contributed by atoms with Crippen LogP contribution in [0.4, 0.5) is 0 Å². The van der Waals surface area contributed by atoms with Crippen molar-refractivity contribution >= 4 is 17.2 Å². The molecule has 100 valence electrons. The monoisotopic (exact) mass is 266 g/mol. The average molecular weight is 266 g/mol. The topological polar surface area (TPSA) is 32.3 Å². The molecule has 1 aromatic heterocycles. The zero-order valence-electron chi connectivity index (χ0n) is 11.3. The highest BCUT2D eigenvalue weighted by Crippen LogP contribution is 2.20. The first kappa shape index (κ1) is 13.6. The number of amides is 1. The van der Waals surface area contributed by atoms with Crippen LogP contribution >= 0.6 is 11.3 Å². The Morgan fingerprint density at radius 3 is 2.94 bits per heavy atom. The van der Waals surface area contributed by atoms with Crippen LogP contribution in [0, 0.1) is 11.8 Å². The Kier molecular flexibility index (Phi) is 4.40. The second-order valence-electron chi connectivity index (χ2n) is 5.32. The lowest BCUT2D eigenvalue weighted by molar-refractivity contribution is -0.136. The number of thiophene rings is 1. The summed E-state index contributed by atoms with van der Waals surface area (Å²) < 4.78 is 0. The molecule has 0 radical (unpaired) electrons. The fraction of sp³-hybridized carbons (Fsp3) is 0.643. The lowest BCUT2D eigenvalue weighted by Gasteiger charge is -2.28. The third kappa shape index (κ3) is 2.93. The molecule has 0 aliphatic carbocycles. The van der Waals surface area contributed by atoms with Gasteiger partial charge in [-0.3, -0.25) is 4.79 Å². The lowest BCUT2D eigenvalue weighted by atomic mass is 9.96. The first-order chi connectivity index (χ1) is 8.59. The lowest BCUT2D eigenvalue weighted by Crippen LogP contribution is -2.42. The molecular formula is C14H22N2OS. The van der Waals surface area contributed by atoms with Crippen LogP contribution in [0.25, 0.3) is 0 Å².